The van der Waals surface area contributed by atoms with E-state index in [1.165, 1.54) is 6.07 Å². The first kappa shape index (κ1) is 27.6. The van der Waals surface area contributed by atoms with Gasteiger partial charge in [0.25, 0.3) is 5.91 Å². The number of carbonyl (C=O) groups excluding carboxylic acids is 5. The Balaban J connectivity index is 2.52. The smallest absolute Gasteiger partial charge is 0.251 e. The molecule has 1 aromatic rings. The van der Waals surface area contributed by atoms with Crippen LogP contribution in [0.3, 0.4) is 0 Å². The first-order valence-electron chi connectivity index (χ1n) is 11.2. The number of nitrogens with one attached hydrogen (secondary N) is 5. The molecule has 0 saturated heterocycles. The standard InChI is InChI=1S/C23H35N5O5/c1-5-12-24-21(31)15(3)26-19(29)10-11-20(30)28-18-9-7-8-17(14-18)23(33)27-16(4)22(32)25-13-6-2/h7-9,14-16H,5-6,10-13H2,1-4H3,(H,24,31)(H,25,32)(H,26,29)(H,27,33)(H,28,30)/t15-,16-/m0/s1. The molecule has 0 spiro atoms. The summed E-state index contributed by atoms with van der Waals surface area (Å²) in [6.45, 7) is 8.09. The number of rotatable bonds is 13. The van der Waals surface area contributed by atoms with Crippen molar-refractivity contribution in [2.24, 2.45) is 0 Å². The minimum Gasteiger partial charge on any atom is -0.354 e. The third-order valence-corrected chi connectivity index (χ3v) is 4.60. The first-order chi connectivity index (χ1) is 15.7. The molecule has 0 aliphatic rings. The molecule has 33 heavy (non-hydrogen) atoms. The molecule has 1 rings (SSSR count). The number of carbonyl (C=O) groups is 5. The lowest BCUT2D eigenvalue weighted by atomic mass is 10.1. The highest BCUT2D eigenvalue weighted by molar-refractivity contribution is 5.99. The number of amides is 5. The van der Waals surface area contributed by atoms with Crippen LogP contribution in [0, 0.1) is 0 Å². The Labute approximate surface area is 194 Å². The molecule has 5 amide bonds. The summed E-state index contributed by atoms with van der Waals surface area (Å²) in [5, 5.41) is 13.2. The molecule has 182 valence electrons. The van der Waals surface area contributed by atoms with Gasteiger partial charge < -0.3 is 26.6 Å². The van der Waals surface area contributed by atoms with Crippen LogP contribution in [0.5, 0.6) is 0 Å². The molecule has 2 atom stereocenters. The van der Waals surface area contributed by atoms with Gasteiger partial charge in [-0.15, -0.1) is 0 Å². The van der Waals surface area contributed by atoms with E-state index in [-0.39, 0.29) is 30.2 Å². The Morgan fingerprint density at radius 3 is 1.91 bits per heavy atom. The van der Waals surface area contributed by atoms with Gasteiger partial charge in [0, 0.05) is 37.2 Å². The zero-order valence-corrected chi connectivity index (χ0v) is 19.7. The van der Waals surface area contributed by atoms with Crippen molar-refractivity contribution in [1.82, 2.24) is 21.3 Å². The summed E-state index contributed by atoms with van der Waals surface area (Å²) in [5.74, 6) is -1.81. The molecule has 0 radical (unpaired) electrons. The SMILES string of the molecule is CCCNC(=O)[C@H](C)NC(=O)CCC(=O)Nc1cccc(C(=O)N[C@@H](C)C(=O)NCCC)c1. The van der Waals surface area contributed by atoms with E-state index in [0.29, 0.717) is 18.8 Å². The Bertz CT molecular complexity index is 842. The molecule has 0 aliphatic carbocycles. The summed E-state index contributed by atoms with van der Waals surface area (Å²) in [7, 11) is 0. The molecule has 0 bridgehead atoms. The second-order valence-electron chi connectivity index (χ2n) is 7.70. The van der Waals surface area contributed by atoms with Crippen LogP contribution < -0.4 is 26.6 Å². The van der Waals surface area contributed by atoms with Crippen LogP contribution in [-0.4, -0.2) is 54.7 Å². The quantitative estimate of drug-likeness (QED) is 0.298. The van der Waals surface area contributed by atoms with Crippen molar-refractivity contribution < 1.29 is 24.0 Å². The third-order valence-electron chi connectivity index (χ3n) is 4.60. The highest BCUT2D eigenvalue weighted by Crippen LogP contribution is 2.12. The topological polar surface area (TPSA) is 146 Å². The minimum absolute atomic E-state index is 0.0816. The average Bonchev–Trinajstić information content (AvgIpc) is 2.79. The van der Waals surface area contributed by atoms with E-state index < -0.39 is 29.8 Å². The molecule has 0 saturated carbocycles. The van der Waals surface area contributed by atoms with Gasteiger partial charge in [-0.2, -0.15) is 0 Å². The second-order valence-corrected chi connectivity index (χ2v) is 7.70. The van der Waals surface area contributed by atoms with Gasteiger partial charge >= 0.3 is 0 Å². The van der Waals surface area contributed by atoms with Crippen LogP contribution in [0.2, 0.25) is 0 Å². The molecule has 5 N–H and O–H groups in total. The Hall–Kier alpha value is -3.43. The van der Waals surface area contributed by atoms with Crippen LogP contribution in [0.1, 0.15) is 63.7 Å². The summed E-state index contributed by atoms with van der Waals surface area (Å²) in [6, 6.07) is 4.90. The van der Waals surface area contributed by atoms with E-state index in [0.717, 1.165) is 12.8 Å². The third kappa shape index (κ3) is 10.6. The van der Waals surface area contributed by atoms with Gasteiger partial charge in [0.1, 0.15) is 12.1 Å². The lowest BCUT2D eigenvalue weighted by molar-refractivity contribution is -0.129. The molecule has 0 unspecified atom stereocenters. The molecule has 0 heterocycles. The Morgan fingerprint density at radius 1 is 0.788 bits per heavy atom. The fourth-order valence-corrected chi connectivity index (χ4v) is 2.72. The summed E-state index contributed by atoms with van der Waals surface area (Å²) in [6.07, 6.45) is 1.42. The number of hydrogen-bond acceptors (Lipinski definition) is 5. The molecule has 0 aliphatic heterocycles. The number of hydrogen-bond donors (Lipinski definition) is 5. The fourth-order valence-electron chi connectivity index (χ4n) is 2.72. The summed E-state index contributed by atoms with van der Waals surface area (Å²) >= 11 is 0. The minimum atomic E-state index is -0.702. The van der Waals surface area contributed by atoms with Crippen LogP contribution in [0.15, 0.2) is 24.3 Å². The van der Waals surface area contributed by atoms with Gasteiger partial charge in [-0.1, -0.05) is 19.9 Å². The van der Waals surface area contributed by atoms with Crippen LogP contribution in [-0.2, 0) is 19.2 Å². The van der Waals surface area contributed by atoms with Crippen molar-refractivity contribution in [2.75, 3.05) is 18.4 Å². The lowest BCUT2D eigenvalue weighted by Crippen LogP contribution is -2.45. The van der Waals surface area contributed by atoms with Crippen molar-refractivity contribution in [2.45, 2.75) is 65.5 Å². The van der Waals surface area contributed by atoms with E-state index in [4.69, 9.17) is 0 Å². The zero-order chi connectivity index (χ0) is 24.8. The predicted octanol–water partition coefficient (Wildman–Crippen LogP) is 1.08. The summed E-state index contributed by atoms with van der Waals surface area (Å²) in [5.41, 5.74) is 0.677. The van der Waals surface area contributed by atoms with Gasteiger partial charge in [-0.3, -0.25) is 24.0 Å². The van der Waals surface area contributed by atoms with Crippen molar-refractivity contribution in [3.63, 3.8) is 0 Å². The average molecular weight is 462 g/mol. The summed E-state index contributed by atoms with van der Waals surface area (Å²) < 4.78 is 0. The van der Waals surface area contributed by atoms with Gasteiger partial charge in [0.2, 0.25) is 23.6 Å². The van der Waals surface area contributed by atoms with Gasteiger partial charge in [-0.25, -0.2) is 0 Å². The highest BCUT2D eigenvalue weighted by Gasteiger charge is 2.17. The lowest BCUT2D eigenvalue weighted by Gasteiger charge is -2.14. The van der Waals surface area contributed by atoms with Crippen LogP contribution in [0.4, 0.5) is 5.69 Å². The van der Waals surface area contributed by atoms with Crippen LogP contribution in [0.25, 0.3) is 0 Å². The number of anilines is 1. The molecule has 0 fully saturated rings. The van der Waals surface area contributed by atoms with Crippen molar-refractivity contribution in [3.05, 3.63) is 29.8 Å². The van der Waals surface area contributed by atoms with E-state index in [9.17, 15) is 24.0 Å². The Morgan fingerprint density at radius 2 is 1.33 bits per heavy atom. The maximum atomic E-state index is 12.4. The van der Waals surface area contributed by atoms with Crippen LogP contribution >= 0.6 is 0 Å². The van der Waals surface area contributed by atoms with Crippen molar-refractivity contribution >= 4 is 35.2 Å². The molecule has 10 heteroatoms. The molecular formula is C23H35N5O5. The molecule has 10 nitrogen and oxygen atoms in total. The van der Waals surface area contributed by atoms with Gasteiger partial charge in [0.15, 0.2) is 0 Å². The van der Waals surface area contributed by atoms with E-state index in [2.05, 4.69) is 26.6 Å². The van der Waals surface area contributed by atoms with Crippen molar-refractivity contribution in [1.29, 1.82) is 0 Å². The van der Waals surface area contributed by atoms with Gasteiger partial charge in [-0.05, 0) is 44.9 Å². The number of benzene rings is 1. The molecule has 1 aromatic carbocycles. The zero-order valence-electron chi connectivity index (χ0n) is 19.7. The molecule has 0 aromatic heterocycles. The highest BCUT2D eigenvalue weighted by atomic mass is 16.2. The normalized spacial score (nSPS) is 12.1. The fraction of sp³-hybridized carbons (Fsp3) is 0.522. The monoisotopic (exact) mass is 461 g/mol. The van der Waals surface area contributed by atoms with E-state index >= 15 is 0 Å². The predicted molar refractivity (Wildman–Crippen MR) is 125 cm³/mol. The maximum Gasteiger partial charge on any atom is 0.251 e. The first-order valence-corrected chi connectivity index (χ1v) is 11.2. The Kier molecular flexibility index (Phi) is 12.2. The van der Waals surface area contributed by atoms with E-state index in [1.54, 1.807) is 32.0 Å². The van der Waals surface area contributed by atoms with Crippen molar-refractivity contribution in [3.8, 4) is 0 Å². The second kappa shape index (κ2) is 14.6. The maximum absolute atomic E-state index is 12.4. The summed E-state index contributed by atoms with van der Waals surface area (Å²) in [4.78, 5) is 60.3. The van der Waals surface area contributed by atoms with Gasteiger partial charge in [0.05, 0.1) is 0 Å². The van der Waals surface area contributed by atoms with E-state index in [1.807, 2.05) is 13.8 Å². The largest absolute Gasteiger partial charge is 0.354 e. The molecular weight excluding hydrogens is 426 g/mol.